The summed E-state index contributed by atoms with van der Waals surface area (Å²) in [5, 5.41) is 0.865. The Balaban J connectivity index is 1.33. The van der Waals surface area contributed by atoms with Crippen molar-refractivity contribution < 1.29 is 4.39 Å². The van der Waals surface area contributed by atoms with E-state index in [1.54, 1.807) is 35.9 Å². The number of halogens is 1. The fraction of sp³-hybridized carbons (Fsp3) is 0.182. The van der Waals surface area contributed by atoms with Gasteiger partial charge in [0.1, 0.15) is 16.6 Å². The zero-order valence-corrected chi connectivity index (χ0v) is 16.8. The third-order valence-electron chi connectivity index (χ3n) is 5.13. The first kappa shape index (κ1) is 18.8. The van der Waals surface area contributed by atoms with Crippen LogP contribution < -0.4 is 5.56 Å². The molecule has 0 atom stereocenters. The third kappa shape index (κ3) is 3.79. The van der Waals surface area contributed by atoms with E-state index in [4.69, 9.17) is 0 Å². The molecule has 0 radical (unpaired) electrons. The van der Waals surface area contributed by atoms with Crippen LogP contribution in [-0.2, 0) is 19.5 Å². The fourth-order valence-corrected chi connectivity index (χ4v) is 4.55. The first-order valence-corrected chi connectivity index (χ1v) is 10.4. The number of H-pyrrole nitrogens is 1. The highest BCUT2D eigenvalue weighted by Crippen LogP contribution is 2.27. The quantitative estimate of drug-likeness (QED) is 0.547. The molecule has 4 aromatic rings. The molecule has 0 saturated heterocycles. The van der Waals surface area contributed by atoms with Crippen LogP contribution in [0.2, 0.25) is 0 Å². The smallest absolute Gasteiger partial charge is 0.255 e. The van der Waals surface area contributed by atoms with Crippen molar-refractivity contribution in [3.8, 4) is 22.0 Å². The van der Waals surface area contributed by atoms with Crippen molar-refractivity contribution in [3.63, 3.8) is 0 Å². The van der Waals surface area contributed by atoms with Crippen molar-refractivity contribution in [2.45, 2.75) is 19.5 Å². The maximum atomic E-state index is 13.1. The van der Waals surface area contributed by atoms with Crippen LogP contribution in [-0.4, -0.2) is 31.4 Å². The van der Waals surface area contributed by atoms with Crippen LogP contribution in [0.4, 0.5) is 4.39 Å². The van der Waals surface area contributed by atoms with Gasteiger partial charge in [-0.05, 0) is 36.4 Å². The lowest BCUT2D eigenvalue weighted by molar-refractivity contribution is 0.244. The number of nitrogens with one attached hydrogen (secondary N) is 1. The molecule has 0 bridgehead atoms. The summed E-state index contributed by atoms with van der Waals surface area (Å²) in [6.07, 6.45) is 5.95. The van der Waals surface area contributed by atoms with Crippen LogP contribution >= 0.6 is 11.3 Å². The van der Waals surface area contributed by atoms with Gasteiger partial charge in [0, 0.05) is 60.6 Å². The number of thiazole rings is 1. The van der Waals surface area contributed by atoms with E-state index >= 15 is 0 Å². The van der Waals surface area contributed by atoms with Crippen molar-refractivity contribution in [2.24, 2.45) is 0 Å². The third-order valence-corrected chi connectivity index (χ3v) is 6.16. The number of hydrogen-bond acceptors (Lipinski definition) is 6. The lowest BCUT2D eigenvalue weighted by atomic mass is 10.1. The van der Waals surface area contributed by atoms with Crippen LogP contribution in [0.25, 0.3) is 22.0 Å². The van der Waals surface area contributed by atoms with Gasteiger partial charge in [-0.3, -0.25) is 14.7 Å². The lowest BCUT2D eigenvalue weighted by Crippen LogP contribution is -2.35. The van der Waals surface area contributed by atoms with Crippen LogP contribution in [0.15, 0.2) is 59.8 Å². The molecule has 3 aromatic heterocycles. The van der Waals surface area contributed by atoms with E-state index in [9.17, 15) is 9.18 Å². The average molecular weight is 419 g/mol. The van der Waals surface area contributed by atoms with Gasteiger partial charge < -0.3 is 4.98 Å². The maximum Gasteiger partial charge on any atom is 0.255 e. The number of aromatic amines is 1. The zero-order chi connectivity index (χ0) is 20.5. The average Bonchev–Trinajstić information content (AvgIpc) is 3.23. The van der Waals surface area contributed by atoms with Crippen molar-refractivity contribution >= 4 is 11.3 Å². The SMILES string of the molecule is O=c1[nH]c(-c2ccncc2)nc2c1CN(Cc1cnc(-c3ccc(F)cc3)s1)CC2. The van der Waals surface area contributed by atoms with E-state index in [0.717, 1.165) is 45.2 Å². The molecule has 1 N–H and O–H groups in total. The van der Waals surface area contributed by atoms with Gasteiger partial charge in [0.2, 0.25) is 0 Å². The van der Waals surface area contributed by atoms with Gasteiger partial charge in [-0.25, -0.2) is 14.4 Å². The molecular formula is C22H18FN5OS. The molecular weight excluding hydrogens is 401 g/mol. The number of benzene rings is 1. The summed E-state index contributed by atoms with van der Waals surface area (Å²) in [6.45, 7) is 2.09. The Kier molecular flexibility index (Phi) is 4.94. The molecule has 0 fully saturated rings. The summed E-state index contributed by atoms with van der Waals surface area (Å²) in [6, 6.07) is 10.0. The Bertz CT molecular complexity index is 1240. The number of rotatable bonds is 4. The minimum atomic E-state index is -0.256. The molecule has 5 rings (SSSR count). The highest BCUT2D eigenvalue weighted by atomic mass is 32.1. The van der Waals surface area contributed by atoms with Crippen LogP contribution in [0.3, 0.4) is 0 Å². The molecule has 6 nitrogen and oxygen atoms in total. The Labute approximate surface area is 176 Å². The molecule has 8 heteroatoms. The van der Waals surface area contributed by atoms with Crippen molar-refractivity contribution in [2.75, 3.05) is 6.54 Å². The molecule has 1 aliphatic heterocycles. The van der Waals surface area contributed by atoms with Gasteiger partial charge in [-0.2, -0.15) is 0 Å². The van der Waals surface area contributed by atoms with Crippen LogP contribution in [0, 0.1) is 5.82 Å². The molecule has 0 saturated carbocycles. The molecule has 150 valence electrons. The Morgan fingerprint density at radius 2 is 1.90 bits per heavy atom. The minimum absolute atomic E-state index is 0.0900. The number of fused-ring (bicyclic) bond motifs is 1. The maximum absolute atomic E-state index is 13.1. The molecule has 0 amide bonds. The highest BCUT2D eigenvalue weighted by Gasteiger charge is 2.22. The molecule has 0 unspecified atom stereocenters. The fourth-order valence-electron chi connectivity index (χ4n) is 3.59. The standard InChI is InChI=1S/C22H18FN5OS/c23-16-3-1-15(2-4-16)22-25-11-17(30-22)12-28-10-7-19-18(13-28)21(29)27-20(26-19)14-5-8-24-9-6-14/h1-6,8-9,11H,7,10,12-13H2,(H,26,27,29). The number of aromatic nitrogens is 4. The number of nitrogens with zero attached hydrogens (tertiary/aromatic N) is 4. The van der Waals surface area contributed by atoms with Gasteiger partial charge in [-0.1, -0.05) is 0 Å². The van der Waals surface area contributed by atoms with E-state index in [-0.39, 0.29) is 11.4 Å². The Morgan fingerprint density at radius 3 is 2.70 bits per heavy atom. The second-order valence-electron chi connectivity index (χ2n) is 7.17. The monoisotopic (exact) mass is 419 g/mol. The summed E-state index contributed by atoms with van der Waals surface area (Å²) in [5.41, 5.74) is 3.25. The second kappa shape index (κ2) is 7.89. The van der Waals surface area contributed by atoms with Gasteiger partial charge >= 0.3 is 0 Å². The van der Waals surface area contributed by atoms with Crippen LogP contribution in [0.1, 0.15) is 16.1 Å². The van der Waals surface area contributed by atoms with Gasteiger partial charge in [0.25, 0.3) is 5.56 Å². The number of hydrogen-bond donors (Lipinski definition) is 1. The molecule has 0 aliphatic carbocycles. The van der Waals surface area contributed by atoms with E-state index < -0.39 is 0 Å². The zero-order valence-electron chi connectivity index (χ0n) is 16.0. The summed E-state index contributed by atoms with van der Waals surface area (Å²) in [5.74, 6) is 0.328. The highest BCUT2D eigenvalue weighted by molar-refractivity contribution is 7.15. The van der Waals surface area contributed by atoms with E-state index in [1.807, 2.05) is 18.3 Å². The summed E-state index contributed by atoms with van der Waals surface area (Å²) >= 11 is 1.59. The Hall–Kier alpha value is -3.23. The van der Waals surface area contributed by atoms with Gasteiger partial charge in [0.15, 0.2) is 0 Å². The predicted octanol–water partition coefficient (Wildman–Crippen LogP) is 3.65. The van der Waals surface area contributed by atoms with E-state index in [2.05, 4.69) is 24.8 Å². The summed E-state index contributed by atoms with van der Waals surface area (Å²) in [7, 11) is 0. The predicted molar refractivity (Wildman–Crippen MR) is 113 cm³/mol. The van der Waals surface area contributed by atoms with Crippen molar-refractivity contribution in [3.05, 3.63) is 87.3 Å². The lowest BCUT2D eigenvalue weighted by Gasteiger charge is -2.27. The minimum Gasteiger partial charge on any atom is -0.306 e. The second-order valence-corrected chi connectivity index (χ2v) is 8.29. The Morgan fingerprint density at radius 1 is 1.10 bits per heavy atom. The van der Waals surface area contributed by atoms with Crippen LogP contribution in [0.5, 0.6) is 0 Å². The number of pyridine rings is 1. The first-order valence-electron chi connectivity index (χ1n) is 9.61. The summed E-state index contributed by atoms with van der Waals surface area (Å²) in [4.78, 5) is 32.1. The largest absolute Gasteiger partial charge is 0.306 e. The first-order chi connectivity index (χ1) is 14.7. The van der Waals surface area contributed by atoms with Crippen molar-refractivity contribution in [1.29, 1.82) is 0 Å². The topological polar surface area (TPSA) is 74.8 Å². The normalized spacial score (nSPS) is 13.9. The molecule has 4 heterocycles. The van der Waals surface area contributed by atoms with Gasteiger partial charge in [-0.15, -0.1) is 11.3 Å². The molecule has 0 spiro atoms. The molecule has 30 heavy (non-hydrogen) atoms. The van der Waals surface area contributed by atoms with E-state index in [0.29, 0.717) is 18.9 Å². The molecule has 1 aromatic carbocycles. The summed E-state index contributed by atoms with van der Waals surface area (Å²) < 4.78 is 13.1. The van der Waals surface area contributed by atoms with Gasteiger partial charge in [0.05, 0.1) is 11.3 Å². The van der Waals surface area contributed by atoms with Crippen molar-refractivity contribution in [1.82, 2.24) is 24.8 Å². The molecule has 1 aliphatic rings. The van der Waals surface area contributed by atoms with E-state index in [1.165, 1.54) is 12.1 Å².